The molecular formula is C18H17FN4O. The van der Waals surface area contributed by atoms with Crippen LogP contribution in [0, 0.1) is 5.82 Å². The highest BCUT2D eigenvalue weighted by atomic mass is 19.1. The molecule has 3 aromatic rings. The topological polar surface area (TPSA) is 59.0 Å². The lowest BCUT2D eigenvalue weighted by atomic mass is 10.1. The smallest absolute Gasteiger partial charge is 0.320 e. The summed E-state index contributed by atoms with van der Waals surface area (Å²) in [6.45, 7) is 0. The Bertz CT molecular complexity index is 832. The Labute approximate surface area is 139 Å². The minimum Gasteiger partial charge on any atom is -0.336 e. The van der Waals surface area contributed by atoms with Gasteiger partial charge in [-0.1, -0.05) is 36.4 Å². The molecule has 0 radical (unpaired) electrons. The maximum Gasteiger partial charge on any atom is 0.320 e. The number of hydrogen-bond acceptors (Lipinski definition) is 2. The molecule has 1 aromatic heterocycles. The molecule has 122 valence electrons. The van der Waals surface area contributed by atoms with E-state index >= 15 is 0 Å². The van der Waals surface area contributed by atoms with E-state index in [0.29, 0.717) is 17.1 Å². The molecule has 2 amide bonds. The number of urea groups is 1. The van der Waals surface area contributed by atoms with Crippen molar-refractivity contribution in [3.63, 3.8) is 0 Å². The fraction of sp³-hybridized carbons (Fsp3) is 0.111. The zero-order chi connectivity index (χ0) is 16.9. The Morgan fingerprint density at radius 1 is 1.12 bits per heavy atom. The average molecular weight is 324 g/mol. The molecule has 0 saturated carbocycles. The highest BCUT2D eigenvalue weighted by molar-refractivity contribution is 5.89. The highest BCUT2D eigenvalue weighted by Crippen LogP contribution is 2.23. The summed E-state index contributed by atoms with van der Waals surface area (Å²) >= 11 is 0. The SMILES string of the molecule is Cn1ccnc1[C@@H](NC(=O)Nc1ccccc1)c1ccccc1F. The number of nitrogens with zero attached hydrogens (tertiary/aromatic N) is 2. The van der Waals surface area contributed by atoms with E-state index in [-0.39, 0.29) is 0 Å². The first kappa shape index (κ1) is 15.7. The van der Waals surface area contributed by atoms with Crippen molar-refractivity contribution in [1.29, 1.82) is 0 Å². The van der Waals surface area contributed by atoms with Gasteiger partial charge in [-0.2, -0.15) is 0 Å². The molecule has 0 saturated heterocycles. The number of aromatic nitrogens is 2. The van der Waals surface area contributed by atoms with Crippen LogP contribution in [0.1, 0.15) is 17.4 Å². The number of rotatable bonds is 4. The van der Waals surface area contributed by atoms with Crippen molar-refractivity contribution in [1.82, 2.24) is 14.9 Å². The maximum atomic E-state index is 14.2. The van der Waals surface area contributed by atoms with Crippen molar-refractivity contribution in [2.24, 2.45) is 7.05 Å². The van der Waals surface area contributed by atoms with Crippen LogP contribution in [-0.2, 0) is 7.05 Å². The van der Waals surface area contributed by atoms with Gasteiger partial charge in [0.15, 0.2) is 0 Å². The number of anilines is 1. The van der Waals surface area contributed by atoms with E-state index in [1.165, 1.54) is 6.07 Å². The first-order chi connectivity index (χ1) is 11.6. The van der Waals surface area contributed by atoms with Gasteiger partial charge in [-0.15, -0.1) is 0 Å². The summed E-state index contributed by atoms with van der Waals surface area (Å²) in [4.78, 5) is 16.6. The molecule has 1 atom stereocenters. The zero-order valence-corrected chi connectivity index (χ0v) is 13.1. The van der Waals surface area contributed by atoms with Crippen LogP contribution in [0.3, 0.4) is 0 Å². The maximum absolute atomic E-state index is 14.2. The molecule has 1 heterocycles. The molecule has 0 bridgehead atoms. The van der Waals surface area contributed by atoms with Crippen molar-refractivity contribution in [2.75, 3.05) is 5.32 Å². The van der Waals surface area contributed by atoms with Gasteiger partial charge >= 0.3 is 6.03 Å². The molecule has 0 aliphatic carbocycles. The van der Waals surface area contributed by atoms with E-state index in [9.17, 15) is 9.18 Å². The number of aryl methyl sites for hydroxylation is 1. The number of carbonyl (C=O) groups is 1. The molecule has 0 aliphatic rings. The predicted molar refractivity (Wildman–Crippen MR) is 90.0 cm³/mol. The second-order valence-corrected chi connectivity index (χ2v) is 5.32. The summed E-state index contributed by atoms with van der Waals surface area (Å²) in [5, 5.41) is 5.53. The Morgan fingerprint density at radius 3 is 2.50 bits per heavy atom. The summed E-state index contributed by atoms with van der Waals surface area (Å²) in [5.74, 6) is 0.147. The Balaban J connectivity index is 1.87. The molecule has 0 unspecified atom stereocenters. The normalized spacial score (nSPS) is 11.8. The summed E-state index contributed by atoms with van der Waals surface area (Å²) in [6.07, 6.45) is 3.36. The number of amides is 2. The summed E-state index contributed by atoms with van der Waals surface area (Å²) in [5.41, 5.74) is 1.01. The molecule has 5 nitrogen and oxygen atoms in total. The van der Waals surface area contributed by atoms with Crippen LogP contribution in [0.2, 0.25) is 0 Å². The first-order valence-electron chi connectivity index (χ1n) is 7.49. The van der Waals surface area contributed by atoms with Crippen molar-refractivity contribution in [2.45, 2.75) is 6.04 Å². The Hall–Kier alpha value is -3.15. The summed E-state index contributed by atoms with van der Waals surface area (Å²) in [6, 6.07) is 14.3. The van der Waals surface area contributed by atoms with Gasteiger partial charge in [-0.3, -0.25) is 0 Å². The Morgan fingerprint density at radius 2 is 1.83 bits per heavy atom. The van der Waals surface area contributed by atoms with E-state index in [1.54, 1.807) is 54.3 Å². The lowest BCUT2D eigenvalue weighted by molar-refractivity contribution is 0.249. The van der Waals surface area contributed by atoms with Gasteiger partial charge in [0, 0.05) is 30.7 Å². The minimum atomic E-state index is -0.699. The lowest BCUT2D eigenvalue weighted by Crippen LogP contribution is -2.35. The van der Waals surface area contributed by atoms with Gasteiger partial charge in [0.2, 0.25) is 0 Å². The second-order valence-electron chi connectivity index (χ2n) is 5.32. The van der Waals surface area contributed by atoms with Gasteiger partial charge in [0.05, 0.1) is 0 Å². The monoisotopic (exact) mass is 324 g/mol. The van der Waals surface area contributed by atoms with Crippen LogP contribution in [0.5, 0.6) is 0 Å². The molecular weight excluding hydrogens is 307 g/mol. The fourth-order valence-corrected chi connectivity index (χ4v) is 2.47. The summed E-state index contributed by atoms with van der Waals surface area (Å²) < 4.78 is 16.0. The van der Waals surface area contributed by atoms with Crippen LogP contribution in [0.15, 0.2) is 67.0 Å². The van der Waals surface area contributed by atoms with Gasteiger partial charge in [0.25, 0.3) is 0 Å². The van der Waals surface area contributed by atoms with Crippen LogP contribution in [0.25, 0.3) is 0 Å². The van der Waals surface area contributed by atoms with Crippen LogP contribution < -0.4 is 10.6 Å². The van der Waals surface area contributed by atoms with Crippen molar-refractivity contribution in [3.05, 3.63) is 84.2 Å². The van der Waals surface area contributed by atoms with Crippen LogP contribution in [-0.4, -0.2) is 15.6 Å². The number of para-hydroxylation sites is 1. The third-order valence-corrected chi connectivity index (χ3v) is 3.64. The first-order valence-corrected chi connectivity index (χ1v) is 7.49. The molecule has 24 heavy (non-hydrogen) atoms. The molecule has 0 fully saturated rings. The number of imidazole rings is 1. The van der Waals surface area contributed by atoms with Gasteiger partial charge in [-0.05, 0) is 18.2 Å². The zero-order valence-electron chi connectivity index (χ0n) is 13.1. The van der Waals surface area contributed by atoms with E-state index < -0.39 is 17.9 Å². The fourth-order valence-electron chi connectivity index (χ4n) is 2.47. The summed E-state index contributed by atoms with van der Waals surface area (Å²) in [7, 11) is 1.80. The molecule has 2 N–H and O–H groups in total. The van der Waals surface area contributed by atoms with Gasteiger partial charge < -0.3 is 15.2 Å². The standard InChI is InChI=1S/C18H17FN4O/c1-23-12-11-20-17(23)16(14-9-5-6-10-15(14)19)22-18(24)21-13-7-3-2-4-8-13/h2-12,16H,1H3,(H2,21,22,24)/t16-/m0/s1. The number of hydrogen-bond donors (Lipinski definition) is 2. The lowest BCUT2D eigenvalue weighted by Gasteiger charge is -2.20. The molecule has 2 aromatic carbocycles. The van der Waals surface area contributed by atoms with Gasteiger partial charge in [0.1, 0.15) is 17.7 Å². The van der Waals surface area contributed by atoms with Crippen LogP contribution >= 0.6 is 0 Å². The third kappa shape index (κ3) is 3.43. The average Bonchev–Trinajstić information content (AvgIpc) is 3.00. The second kappa shape index (κ2) is 6.95. The number of nitrogens with one attached hydrogen (secondary N) is 2. The van der Waals surface area contributed by atoms with Crippen molar-refractivity contribution >= 4 is 11.7 Å². The molecule has 0 aliphatic heterocycles. The number of carbonyl (C=O) groups excluding carboxylic acids is 1. The van der Waals surface area contributed by atoms with Gasteiger partial charge in [-0.25, -0.2) is 14.2 Å². The van der Waals surface area contributed by atoms with E-state index in [2.05, 4.69) is 15.6 Å². The van der Waals surface area contributed by atoms with Crippen molar-refractivity contribution in [3.8, 4) is 0 Å². The largest absolute Gasteiger partial charge is 0.336 e. The van der Waals surface area contributed by atoms with Crippen molar-refractivity contribution < 1.29 is 9.18 Å². The molecule has 3 rings (SSSR count). The number of benzene rings is 2. The minimum absolute atomic E-state index is 0.356. The Kier molecular flexibility index (Phi) is 4.56. The quantitative estimate of drug-likeness (QED) is 0.772. The molecule has 6 heteroatoms. The number of halogens is 1. The highest BCUT2D eigenvalue weighted by Gasteiger charge is 2.23. The predicted octanol–water partition coefficient (Wildman–Crippen LogP) is 3.47. The van der Waals surface area contributed by atoms with Crippen LogP contribution in [0.4, 0.5) is 14.9 Å². The van der Waals surface area contributed by atoms with E-state index in [0.717, 1.165) is 0 Å². The molecule has 0 spiro atoms. The van der Waals surface area contributed by atoms with E-state index in [1.807, 2.05) is 18.2 Å². The third-order valence-electron chi connectivity index (χ3n) is 3.64. The van der Waals surface area contributed by atoms with E-state index in [4.69, 9.17) is 0 Å².